The van der Waals surface area contributed by atoms with Gasteiger partial charge in [-0.2, -0.15) is 0 Å². The van der Waals surface area contributed by atoms with Crippen molar-refractivity contribution in [3.63, 3.8) is 0 Å². The number of nitrogens with one attached hydrogen (secondary N) is 1. The zero-order valence-electron chi connectivity index (χ0n) is 26.1. The van der Waals surface area contributed by atoms with Gasteiger partial charge in [0.05, 0.1) is 24.3 Å². The minimum Gasteiger partial charge on any atom is -0.497 e. The number of amides is 2. The smallest absolute Gasteiger partial charge is 0.264 e. The molecule has 0 unspecified atom stereocenters. The number of rotatable bonds is 14. The summed E-state index contributed by atoms with van der Waals surface area (Å²) in [7, 11) is -2.76. The Hall–Kier alpha value is -4.12. The standard InChI is InChI=1S/C34H42FN3O6S/c1-4-32(34(40)36-27-9-7-6-8-10-27)37(23-25-11-17-29(43-3)18-12-25)33(39)24-38(28-15-19-30(20-16-28)44-5-2)45(41,42)31-21-13-26(35)14-22-31/h11-22,27,32H,4-10,23-24H2,1-3H3,(H,36,40)/t32-/m1/s1. The van der Waals surface area contributed by atoms with E-state index in [2.05, 4.69) is 5.32 Å². The molecule has 1 saturated carbocycles. The summed E-state index contributed by atoms with van der Waals surface area (Å²) in [5, 5.41) is 3.14. The van der Waals surface area contributed by atoms with Gasteiger partial charge in [-0.3, -0.25) is 13.9 Å². The minimum atomic E-state index is -4.32. The average molecular weight is 640 g/mol. The Labute approximate surface area is 265 Å². The zero-order chi connectivity index (χ0) is 32.4. The summed E-state index contributed by atoms with van der Waals surface area (Å²) in [5.74, 6) is -0.224. The highest BCUT2D eigenvalue weighted by Crippen LogP contribution is 2.27. The van der Waals surface area contributed by atoms with Crippen molar-refractivity contribution in [3.05, 3.63) is 84.2 Å². The SMILES string of the molecule is CCOc1ccc(N(CC(=O)N(Cc2ccc(OC)cc2)[C@H](CC)C(=O)NC2CCCCC2)S(=O)(=O)c2ccc(F)cc2)cc1. The third kappa shape index (κ3) is 8.75. The van der Waals surface area contributed by atoms with Crippen molar-refractivity contribution >= 4 is 27.5 Å². The predicted molar refractivity (Wildman–Crippen MR) is 171 cm³/mol. The first-order valence-electron chi connectivity index (χ1n) is 15.4. The van der Waals surface area contributed by atoms with Crippen LogP contribution in [0, 0.1) is 5.82 Å². The Kier molecular flexibility index (Phi) is 11.8. The molecule has 2 amide bonds. The molecule has 1 fully saturated rings. The van der Waals surface area contributed by atoms with Gasteiger partial charge in [-0.05, 0) is 92.4 Å². The van der Waals surface area contributed by atoms with Gasteiger partial charge in [-0.1, -0.05) is 38.3 Å². The van der Waals surface area contributed by atoms with E-state index in [0.29, 0.717) is 24.5 Å². The molecule has 0 aromatic heterocycles. The molecule has 9 nitrogen and oxygen atoms in total. The molecular formula is C34H42FN3O6S. The summed E-state index contributed by atoms with van der Waals surface area (Å²) in [6, 6.07) is 17.2. The van der Waals surface area contributed by atoms with E-state index in [4.69, 9.17) is 9.47 Å². The maximum atomic E-state index is 14.3. The molecule has 0 spiro atoms. The van der Waals surface area contributed by atoms with Gasteiger partial charge >= 0.3 is 0 Å². The topological polar surface area (TPSA) is 105 Å². The van der Waals surface area contributed by atoms with Gasteiger partial charge < -0.3 is 19.7 Å². The highest BCUT2D eigenvalue weighted by Gasteiger charge is 2.34. The molecule has 0 heterocycles. The fourth-order valence-corrected chi connectivity index (χ4v) is 6.94. The number of carbonyl (C=O) groups is 2. The molecular weight excluding hydrogens is 597 g/mol. The van der Waals surface area contributed by atoms with Crippen LogP contribution in [0.25, 0.3) is 0 Å². The number of hydrogen-bond acceptors (Lipinski definition) is 6. The van der Waals surface area contributed by atoms with Crippen molar-refractivity contribution in [1.29, 1.82) is 0 Å². The molecule has 0 radical (unpaired) electrons. The molecule has 1 atom stereocenters. The van der Waals surface area contributed by atoms with E-state index in [1.807, 2.05) is 26.0 Å². The minimum absolute atomic E-state index is 0.0393. The summed E-state index contributed by atoms with van der Waals surface area (Å²) in [6.07, 6.45) is 5.30. The molecule has 3 aromatic carbocycles. The normalized spacial score (nSPS) is 14.3. The first kappa shape index (κ1) is 33.8. The van der Waals surface area contributed by atoms with Crippen molar-refractivity contribution < 1.29 is 31.9 Å². The monoisotopic (exact) mass is 639 g/mol. The van der Waals surface area contributed by atoms with Crippen LogP contribution in [-0.4, -0.2) is 57.5 Å². The van der Waals surface area contributed by atoms with Crippen LogP contribution in [0.2, 0.25) is 0 Å². The molecule has 0 aliphatic heterocycles. The van der Waals surface area contributed by atoms with E-state index in [-0.39, 0.29) is 29.1 Å². The Morgan fingerprint density at radius 2 is 1.53 bits per heavy atom. The van der Waals surface area contributed by atoms with Crippen LogP contribution in [0.1, 0.15) is 57.9 Å². The second kappa shape index (κ2) is 15.7. The lowest BCUT2D eigenvalue weighted by atomic mass is 9.95. The highest BCUT2D eigenvalue weighted by molar-refractivity contribution is 7.92. The van der Waals surface area contributed by atoms with Crippen LogP contribution < -0.4 is 19.1 Å². The number of anilines is 1. The lowest BCUT2D eigenvalue weighted by molar-refractivity contribution is -0.140. The van der Waals surface area contributed by atoms with E-state index in [0.717, 1.165) is 66.2 Å². The molecule has 45 heavy (non-hydrogen) atoms. The van der Waals surface area contributed by atoms with E-state index < -0.39 is 34.3 Å². The fourth-order valence-electron chi connectivity index (χ4n) is 5.53. The molecule has 0 saturated heterocycles. The highest BCUT2D eigenvalue weighted by atomic mass is 32.2. The molecule has 0 bridgehead atoms. The zero-order valence-corrected chi connectivity index (χ0v) is 26.9. The largest absolute Gasteiger partial charge is 0.497 e. The number of carbonyl (C=O) groups excluding carboxylic acids is 2. The number of ether oxygens (including phenoxy) is 2. The third-order valence-electron chi connectivity index (χ3n) is 7.97. The van der Waals surface area contributed by atoms with Crippen LogP contribution in [0.5, 0.6) is 11.5 Å². The number of methoxy groups -OCH3 is 1. The Balaban J connectivity index is 1.70. The Morgan fingerprint density at radius 3 is 2.11 bits per heavy atom. The molecule has 4 rings (SSSR count). The molecule has 1 aliphatic rings. The number of nitrogens with zero attached hydrogens (tertiary/aromatic N) is 2. The lowest BCUT2D eigenvalue weighted by Gasteiger charge is -2.34. The van der Waals surface area contributed by atoms with Crippen LogP contribution in [-0.2, 0) is 26.2 Å². The fraction of sp³-hybridized carbons (Fsp3) is 0.412. The number of hydrogen-bond donors (Lipinski definition) is 1. The second-order valence-corrected chi connectivity index (χ2v) is 12.9. The molecule has 1 N–H and O–H groups in total. The molecule has 1 aliphatic carbocycles. The number of sulfonamides is 1. The molecule has 3 aromatic rings. The predicted octanol–water partition coefficient (Wildman–Crippen LogP) is 5.68. The van der Waals surface area contributed by atoms with Crippen molar-refractivity contribution in [2.75, 3.05) is 24.6 Å². The van der Waals surface area contributed by atoms with Gasteiger partial charge in [0.25, 0.3) is 10.0 Å². The van der Waals surface area contributed by atoms with Gasteiger partial charge in [-0.15, -0.1) is 0 Å². The summed E-state index contributed by atoms with van der Waals surface area (Å²) in [6.45, 7) is 3.59. The second-order valence-electron chi connectivity index (χ2n) is 11.0. The van der Waals surface area contributed by atoms with E-state index >= 15 is 0 Å². The van der Waals surface area contributed by atoms with Crippen molar-refractivity contribution in [3.8, 4) is 11.5 Å². The average Bonchev–Trinajstić information content (AvgIpc) is 3.05. The maximum absolute atomic E-state index is 14.3. The van der Waals surface area contributed by atoms with Crippen molar-refractivity contribution in [2.45, 2.75) is 75.9 Å². The van der Waals surface area contributed by atoms with Gasteiger partial charge in [0.1, 0.15) is 29.9 Å². The van der Waals surface area contributed by atoms with Crippen molar-refractivity contribution in [1.82, 2.24) is 10.2 Å². The van der Waals surface area contributed by atoms with E-state index in [9.17, 15) is 22.4 Å². The number of halogens is 1. The van der Waals surface area contributed by atoms with E-state index in [1.54, 1.807) is 43.5 Å². The van der Waals surface area contributed by atoms with Crippen molar-refractivity contribution in [2.24, 2.45) is 0 Å². The van der Waals surface area contributed by atoms with Gasteiger partial charge in [0.2, 0.25) is 11.8 Å². The van der Waals surface area contributed by atoms with Crippen LogP contribution in [0.3, 0.4) is 0 Å². The van der Waals surface area contributed by atoms with E-state index in [1.165, 1.54) is 4.90 Å². The van der Waals surface area contributed by atoms with Crippen LogP contribution in [0.4, 0.5) is 10.1 Å². The third-order valence-corrected chi connectivity index (χ3v) is 9.75. The lowest BCUT2D eigenvalue weighted by Crippen LogP contribution is -2.54. The first-order valence-corrected chi connectivity index (χ1v) is 16.8. The molecule has 242 valence electrons. The summed E-state index contributed by atoms with van der Waals surface area (Å²) >= 11 is 0. The van der Waals surface area contributed by atoms with Gasteiger partial charge in [-0.25, -0.2) is 12.8 Å². The van der Waals surface area contributed by atoms with Crippen LogP contribution >= 0.6 is 0 Å². The Bertz CT molecular complexity index is 1510. The molecule has 11 heteroatoms. The Morgan fingerprint density at radius 1 is 0.911 bits per heavy atom. The maximum Gasteiger partial charge on any atom is 0.264 e. The van der Waals surface area contributed by atoms with Gasteiger partial charge in [0, 0.05) is 12.6 Å². The quantitative estimate of drug-likeness (QED) is 0.243. The van der Waals surface area contributed by atoms with Crippen LogP contribution in [0.15, 0.2) is 77.7 Å². The van der Waals surface area contributed by atoms with Gasteiger partial charge in [0.15, 0.2) is 0 Å². The summed E-state index contributed by atoms with van der Waals surface area (Å²) in [5.41, 5.74) is 0.974. The summed E-state index contributed by atoms with van der Waals surface area (Å²) in [4.78, 5) is 29.2. The number of benzene rings is 3. The first-order chi connectivity index (χ1) is 21.7. The summed E-state index contributed by atoms with van der Waals surface area (Å²) < 4.78 is 53.5.